The van der Waals surface area contributed by atoms with Crippen LogP contribution in [0.2, 0.25) is 0 Å². The summed E-state index contributed by atoms with van der Waals surface area (Å²) in [5, 5.41) is 14.5. The molecule has 160 valence electrons. The van der Waals surface area contributed by atoms with E-state index >= 15 is 0 Å². The average molecular weight is 432 g/mol. The standard InChI is InChI=1S/C21H25N3O5S/c1-15(10-13-30(2,27)28)23-18(25)17-14-22-20(21(26)11-6-7-12-21)24-19(17)29-16-8-4-3-5-9-16/h3-5,8-10,13-15,26H,6-7,11-12H2,1-2H3,(H,23,25)/b13-10+/t15-/m0/s1. The molecule has 2 N–H and O–H groups in total. The predicted octanol–water partition coefficient (Wildman–Crippen LogP) is 2.71. The third-order valence-corrected chi connectivity index (χ3v) is 5.43. The molecule has 0 unspecified atom stereocenters. The third-order valence-electron chi connectivity index (χ3n) is 4.78. The van der Waals surface area contributed by atoms with E-state index in [1.54, 1.807) is 31.2 Å². The van der Waals surface area contributed by atoms with Crippen molar-refractivity contribution >= 4 is 15.7 Å². The summed E-state index contributed by atoms with van der Waals surface area (Å²) in [5.74, 6) is 0.229. The summed E-state index contributed by atoms with van der Waals surface area (Å²) in [6.07, 6.45) is 6.64. The van der Waals surface area contributed by atoms with Crippen molar-refractivity contribution in [2.75, 3.05) is 6.26 Å². The van der Waals surface area contributed by atoms with Crippen molar-refractivity contribution in [3.63, 3.8) is 0 Å². The number of carbonyl (C=O) groups is 1. The maximum atomic E-state index is 12.8. The van der Waals surface area contributed by atoms with Gasteiger partial charge in [-0.2, -0.15) is 4.98 Å². The van der Waals surface area contributed by atoms with Crippen LogP contribution >= 0.6 is 0 Å². The molecule has 0 saturated heterocycles. The van der Waals surface area contributed by atoms with Crippen molar-refractivity contribution in [3.05, 3.63) is 59.4 Å². The highest BCUT2D eigenvalue weighted by molar-refractivity contribution is 7.93. The molecule has 8 nitrogen and oxygen atoms in total. The highest BCUT2D eigenvalue weighted by atomic mass is 32.2. The minimum atomic E-state index is -3.30. The Morgan fingerprint density at radius 2 is 1.93 bits per heavy atom. The maximum absolute atomic E-state index is 12.8. The highest BCUT2D eigenvalue weighted by Gasteiger charge is 2.37. The Morgan fingerprint density at radius 1 is 1.27 bits per heavy atom. The number of rotatable bonds is 7. The van der Waals surface area contributed by atoms with Crippen LogP contribution in [0.1, 0.15) is 48.8 Å². The second-order valence-corrected chi connectivity index (χ2v) is 9.42. The Balaban J connectivity index is 1.90. The van der Waals surface area contributed by atoms with Crippen LogP contribution in [0.15, 0.2) is 48.0 Å². The van der Waals surface area contributed by atoms with Gasteiger partial charge in [0, 0.05) is 23.9 Å². The van der Waals surface area contributed by atoms with Crippen LogP contribution in [-0.2, 0) is 15.4 Å². The predicted molar refractivity (Wildman–Crippen MR) is 112 cm³/mol. The second-order valence-electron chi connectivity index (χ2n) is 7.49. The molecule has 0 aliphatic heterocycles. The Kier molecular flexibility index (Phi) is 6.52. The Bertz CT molecular complexity index is 1030. The third kappa shape index (κ3) is 5.64. The summed E-state index contributed by atoms with van der Waals surface area (Å²) in [5.41, 5.74) is -1.04. The number of carbonyl (C=O) groups excluding carboxylic acids is 1. The molecule has 9 heteroatoms. The number of hydrogen-bond donors (Lipinski definition) is 2. The summed E-state index contributed by atoms with van der Waals surface area (Å²) in [7, 11) is -3.30. The molecule has 3 rings (SSSR count). The van der Waals surface area contributed by atoms with E-state index in [-0.39, 0.29) is 17.3 Å². The molecule has 0 spiro atoms. The van der Waals surface area contributed by atoms with E-state index in [2.05, 4.69) is 15.3 Å². The lowest BCUT2D eigenvalue weighted by Crippen LogP contribution is -2.32. The first-order valence-corrected chi connectivity index (χ1v) is 11.6. The van der Waals surface area contributed by atoms with Gasteiger partial charge in [0.25, 0.3) is 5.91 Å². The molecule has 1 saturated carbocycles. The van der Waals surface area contributed by atoms with Crippen molar-refractivity contribution in [2.24, 2.45) is 0 Å². The van der Waals surface area contributed by atoms with Crippen molar-refractivity contribution in [1.29, 1.82) is 0 Å². The van der Waals surface area contributed by atoms with Crippen LogP contribution in [0.4, 0.5) is 0 Å². The topological polar surface area (TPSA) is 118 Å². The summed E-state index contributed by atoms with van der Waals surface area (Å²) < 4.78 is 28.4. The van der Waals surface area contributed by atoms with Crippen LogP contribution in [0, 0.1) is 0 Å². The fraction of sp³-hybridized carbons (Fsp3) is 0.381. The molecular weight excluding hydrogens is 406 g/mol. The average Bonchev–Trinajstić information content (AvgIpc) is 3.14. The van der Waals surface area contributed by atoms with Gasteiger partial charge in [0.15, 0.2) is 15.7 Å². The zero-order valence-corrected chi connectivity index (χ0v) is 17.7. The van der Waals surface area contributed by atoms with E-state index < -0.39 is 27.4 Å². The SMILES string of the molecule is C[C@@H](/C=C/S(C)(=O)=O)NC(=O)c1cnc(C2(O)CCCC2)nc1Oc1ccccc1. The molecule has 1 aromatic carbocycles. The maximum Gasteiger partial charge on any atom is 0.258 e. The van der Waals surface area contributed by atoms with Gasteiger partial charge in [-0.1, -0.05) is 24.3 Å². The number of aliphatic hydroxyl groups is 1. The first-order valence-electron chi connectivity index (χ1n) is 9.68. The lowest BCUT2D eigenvalue weighted by atomic mass is 10.0. The first-order chi connectivity index (χ1) is 14.2. The quantitative estimate of drug-likeness (QED) is 0.692. The molecule has 1 heterocycles. The van der Waals surface area contributed by atoms with Gasteiger partial charge in [-0.15, -0.1) is 0 Å². The molecule has 1 aromatic heterocycles. The number of para-hydroxylation sites is 1. The number of amides is 1. The molecule has 1 aliphatic carbocycles. The number of nitrogens with one attached hydrogen (secondary N) is 1. The molecule has 1 amide bonds. The fourth-order valence-corrected chi connectivity index (χ4v) is 3.72. The van der Waals surface area contributed by atoms with E-state index in [0.29, 0.717) is 18.6 Å². The number of hydrogen-bond acceptors (Lipinski definition) is 7. The van der Waals surface area contributed by atoms with E-state index in [4.69, 9.17) is 4.74 Å². The lowest BCUT2D eigenvalue weighted by Gasteiger charge is -2.21. The minimum absolute atomic E-state index is 0.0308. The fourth-order valence-electron chi connectivity index (χ4n) is 3.20. The van der Waals surface area contributed by atoms with Gasteiger partial charge < -0.3 is 15.2 Å². The van der Waals surface area contributed by atoms with Crippen molar-refractivity contribution in [1.82, 2.24) is 15.3 Å². The molecule has 1 fully saturated rings. The Hall–Kier alpha value is -2.78. The van der Waals surface area contributed by atoms with Gasteiger partial charge in [-0.05, 0) is 44.7 Å². The summed E-state index contributed by atoms with van der Waals surface area (Å²) in [4.78, 5) is 21.4. The zero-order valence-electron chi connectivity index (χ0n) is 16.9. The second kappa shape index (κ2) is 8.93. The molecule has 0 bridgehead atoms. The number of sulfone groups is 1. The molecule has 1 atom stereocenters. The van der Waals surface area contributed by atoms with Crippen LogP contribution < -0.4 is 10.1 Å². The van der Waals surface area contributed by atoms with Gasteiger partial charge in [0.2, 0.25) is 5.88 Å². The van der Waals surface area contributed by atoms with Gasteiger partial charge >= 0.3 is 0 Å². The molecular formula is C21H25N3O5S. The van der Waals surface area contributed by atoms with Gasteiger partial charge in [0.1, 0.15) is 16.9 Å². The van der Waals surface area contributed by atoms with E-state index in [1.165, 1.54) is 12.3 Å². The monoisotopic (exact) mass is 431 g/mol. The largest absolute Gasteiger partial charge is 0.438 e. The van der Waals surface area contributed by atoms with Crippen molar-refractivity contribution in [2.45, 2.75) is 44.2 Å². The zero-order chi connectivity index (χ0) is 21.8. The van der Waals surface area contributed by atoms with E-state index in [0.717, 1.165) is 24.5 Å². The van der Waals surface area contributed by atoms with Gasteiger partial charge in [-0.3, -0.25) is 4.79 Å². The van der Waals surface area contributed by atoms with Crippen LogP contribution in [0.5, 0.6) is 11.6 Å². The number of aromatic nitrogens is 2. The Morgan fingerprint density at radius 3 is 2.57 bits per heavy atom. The van der Waals surface area contributed by atoms with Crippen LogP contribution in [0.3, 0.4) is 0 Å². The first kappa shape index (κ1) is 21.9. The lowest BCUT2D eigenvalue weighted by molar-refractivity contribution is 0.0344. The smallest absolute Gasteiger partial charge is 0.258 e. The van der Waals surface area contributed by atoms with Crippen LogP contribution in [-0.4, -0.2) is 41.7 Å². The summed E-state index contributed by atoms with van der Waals surface area (Å²) in [6.45, 7) is 1.65. The van der Waals surface area contributed by atoms with Crippen molar-refractivity contribution < 1.29 is 23.1 Å². The van der Waals surface area contributed by atoms with Gasteiger partial charge in [-0.25, -0.2) is 13.4 Å². The van der Waals surface area contributed by atoms with Gasteiger partial charge in [0.05, 0.1) is 0 Å². The Labute approximate surface area is 175 Å². The van der Waals surface area contributed by atoms with E-state index in [9.17, 15) is 18.3 Å². The van der Waals surface area contributed by atoms with Crippen LogP contribution in [0.25, 0.3) is 0 Å². The summed E-state index contributed by atoms with van der Waals surface area (Å²) >= 11 is 0. The number of nitrogens with zero attached hydrogens (tertiary/aromatic N) is 2. The van der Waals surface area contributed by atoms with Crippen molar-refractivity contribution in [3.8, 4) is 11.6 Å². The molecule has 2 aromatic rings. The number of benzene rings is 1. The molecule has 1 aliphatic rings. The number of ether oxygens (including phenoxy) is 1. The summed E-state index contributed by atoms with van der Waals surface area (Å²) in [6, 6.07) is 8.33. The highest BCUT2D eigenvalue weighted by Crippen LogP contribution is 2.37. The minimum Gasteiger partial charge on any atom is -0.438 e. The normalized spacial score (nSPS) is 17.0. The van der Waals surface area contributed by atoms with E-state index in [1.807, 2.05) is 6.07 Å². The molecule has 30 heavy (non-hydrogen) atoms. The molecule has 0 radical (unpaired) electrons.